The van der Waals surface area contributed by atoms with E-state index in [0.717, 1.165) is 13.0 Å². The molecular formula is C13H21NOS. The Morgan fingerprint density at radius 2 is 2.19 bits per heavy atom. The van der Waals surface area contributed by atoms with Crippen molar-refractivity contribution in [3.05, 3.63) is 21.4 Å². The van der Waals surface area contributed by atoms with Gasteiger partial charge in [0, 0.05) is 27.8 Å². The number of hydrogen-bond acceptors (Lipinski definition) is 3. The number of aliphatic hydroxyl groups is 1. The number of nitrogens with one attached hydrogen (secondary N) is 1. The average molecular weight is 239 g/mol. The predicted octanol–water partition coefficient (Wildman–Crippen LogP) is 2.61. The first kappa shape index (κ1) is 12.1. The summed E-state index contributed by atoms with van der Waals surface area (Å²) in [5, 5.41) is 13.2. The number of rotatable bonds is 3. The van der Waals surface area contributed by atoms with Gasteiger partial charge in [-0.25, -0.2) is 0 Å². The van der Waals surface area contributed by atoms with Crippen LogP contribution in [0.4, 0.5) is 0 Å². The first-order valence-electron chi connectivity index (χ1n) is 5.88. The van der Waals surface area contributed by atoms with Gasteiger partial charge in [-0.05, 0) is 31.9 Å². The Morgan fingerprint density at radius 1 is 1.50 bits per heavy atom. The SMILES string of the molecule is Cc1cc(CNC2CC(O)C2(C)C)c(C)s1. The largest absolute Gasteiger partial charge is 0.392 e. The summed E-state index contributed by atoms with van der Waals surface area (Å²) in [5.74, 6) is 0. The molecule has 0 bridgehead atoms. The van der Waals surface area contributed by atoms with Crippen molar-refractivity contribution >= 4 is 11.3 Å². The molecule has 2 nitrogen and oxygen atoms in total. The van der Waals surface area contributed by atoms with Gasteiger partial charge in [-0.3, -0.25) is 0 Å². The molecule has 0 amide bonds. The molecule has 2 unspecified atom stereocenters. The molecule has 0 radical (unpaired) electrons. The van der Waals surface area contributed by atoms with Gasteiger partial charge in [-0.1, -0.05) is 13.8 Å². The average Bonchev–Trinajstić information content (AvgIpc) is 2.52. The van der Waals surface area contributed by atoms with Gasteiger partial charge < -0.3 is 10.4 Å². The normalized spacial score (nSPS) is 27.8. The lowest BCUT2D eigenvalue weighted by molar-refractivity contribution is -0.0729. The second kappa shape index (κ2) is 4.13. The molecule has 0 aliphatic heterocycles. The van der Waals surface area contributed by atoms with E-state index < -0.39 is 0 Å². The summed E-state index contributed by atoms with van der Waals surface area (Å²) >= 11 is 1.86. The molecule has 1 aliphatic rings. The molecule has 1 aromatic heterocycles. The Balaban J connectivity index is 1.92. The molecule has 2 rings (SSSR count). The highest BCUT2D eigenvalue weighted by molar-refractivity contribution is 7.12. The van der Waals surface area contributed by atoms with Crippen molar-refractivity contribution < 1.29 is 5.11 Å². The van der Waals surface area contributed by atoms with Crippen LogP contribution in [0, 0.1) is 19.3 Å². The lowest BCUT2D eigenvalue weighted by Gasteiger charge is -2.49. The van der Waals surface area contributed by atoms with Crippen molar-refractivity contribution in [1.29, 1.82) is 0 Å². The zero-order valence-corrected chi connectivity index (χ0v) is 11.3. The molecule has 1 saturated carbocycles. The Kier molecular flexibility index (Phi) is 3.12. The molecule has 0 aromatic carbocycles. The van der Waals surface area contributed by atoms with E-state index in [1.165, 1.54) is 15.3 Å². The topological polar surface area (TPSA) is 32.3 Å². The highest BCUT2D eigenvalue weighted by Gasteiger charge is 2.46. The van der Waals surface area contributed by atoms with Crippen LogP contribution in [-0.4, -0.2) is 17.3 Å². The number of thiophene rings is 1. The third kappa shape index (κ3) is 2.04. The monoisotopic (exact) mass is 239 g/mol. The van der Waals surface area contributed by atoms with E-state index >= 15 is 0 Å². The van der Waals surface area contributed by atoms with Gasteiger partial charge in [0.05, 0.1) is 6.10 Å². The number of aryl methyl sites for hydroxylation is 2. The predicted molar refractivity (Wildman–Crippen MR) is 68.8 cm³/mol. The Bertz CT molecular complexity index is 383. The smallest absolute Gasteiger partial charge is 0.0621 e. The molecule has 0 spiro atoms. The maximum atomic E-state index is 9.66. The summed E-state index contributed by atoms with van der Waals surface area (Å²) in [4.78, 5) is 2.78. The zero-order chi connectivity index (χ0) is 11.9. The lowest BCUT2D eigenvalue weighted by atomic mass is 9.64. The van der Waals surface area contributed by atoms with Crippen LogP contribution >= 0.6 is 11.3 Å². The molecular weight excluding hydrogens is 218 g/mol. The molecule has 90 valence electrons. The fourth-order valence-corrected chi connectivity index (χ4v) is 3.29. The van der Waals surface area contributed by atoms with Crippen molar-refractivity contribution in [1.82, 2.24) is 5.32 Å². The molecule has 1 fully saturated rings. The first-order chi connectivity index (χ1) is 7.41. The van der Waals surface area contributed by atoms with E-state index in [1.807, 2.05) is 11.3 Å². The number of aliphatic hydroxyl groups excluding tert-OH is 1. The molecule has 1 aliphatic carbocycles. The van der Waals surface area contributed by atoms with E-state index in [1.54, 1.807) is 0 Å². The molecule has 3 heteroatoms. The molecule has 16 heavy (non-hydrogen) atoms. The van der Waals surface area contributed by atoms with Crippen molar-refractivity contribution in [3.63, 3.8) is 0 Å². The fourth-order valence-electron chi connectivity index (χ4n) is 2.34. The van der Waals surface area contributed by atoms with Gasteiger partial charge in [0.1, 0.15) is 0 Å². The fraction of sp³-hybridized carbons (Fsp3) is 0.692. The molecule has 2 N–H and O–H groups in total. The van der Waals surface area contributed by atoms with Gasteiger partial charge in [0.15, 0.2) is 0 Å². The number of hydrogen-bond donors (Lipinski definition) is 2. The van der Waals surface area contributed by atoms with Crippen molar-refractivity contribution in [2.24, 2.45) is 5.41 Å². The standard InChI is InChI=1S/C13H21NOS/c1-8-5-10(9(2)16-8)7-14-11-6-12(15)13(11,3)4/h5,11-12,14-15H,6-7H2,1-4H3. The van der Waals surface area contributed by atoms with E-state index in [4.69, 9.17) is 0 Å². The van der Waals surface area contributed by atoms with E-state index in [9.17, 15) is 5.11 Å². The van der Waals surface area contributed by atoms with Crippen LogP contribution in [0.5, 0.6) is 0 Å². The van der Waals surface area contributed by atoms with Crippen LogP contribution in [-0.2, 0) is 6.54 Å². The highest BCUT2D eigenvalue weighted by Crippen LogP contribution is 2.40. The summed E-state index contributed by atoms with van der Waals surface area (Å²) in [6, 6.07) is 2.71. The van der Waals surface area contributed by atoms with Gasteiger partial charge in [-0.15, -0.1) is 11.3 Å². The quantitative estimate of drug-likeness (QED) is 0.850. The van der Waals surface area contributed by atoms with Gasteiger partial charge in [0.25, 0.3) is 0 Å². The van der Waals surface area contributed by atoms with Gasteiger partial charge >= 0.3 is 0 Å². The van der Waals surface area contributed by atoms with Crippen LogP contribution in [0.3, 0.4) is 0 Å². The van der Waals surface area contributed by atoms with Crippen LogP contribution in [0.2, 0.25) is 0 Å². The summed E-state index contributed by atoms with van der Waals surface area (Å²) in [7, 11) is 0. The van der Waals surface area contributed by atoms with Crippen LogP contribution in [0.15, 0.2) is 6.07 Å². The van der Waals surface area contributed by atoms with Crippen molar-refractivity contribution in [3.8, 4) is 0 Å². The minimum Gasteiger partial charge on any atom is -0.392 e. The summed E-state index contributed by atoms with van der Waals surface area (Å²) in [6.07, 6.45) is 0.741. The van der Waals surface area contributed by atoms with Crippen molar-refractivity contribution in [2.75, 3.05) is 0 Å². The first-order valence-corrected chi connectivity index (χ1v) is 6.70. The summed E-state index contributed by atoms with van der Waals surface area (Å²) < 4.78 is 0. The minimum atomic E-state index is -0.143. The summed E-state index contributed by atoms with van der Waals surface area (Å²) in [5.41, 5.74) is 1.43. The molecule has 0 saturated heterocycles. The second-order valence-electron chi connectivity index (χ2n) is 5.44. The van der Waals surface area contributed by atoms with Crippen LogP contribution in [0.1, 0.15) is 35.6 Å². The Morgan fingerprint density at radius 3 is 2.62 bits per heavy atom. The molecule has 2 atom stereocenters. The second-order valence-corrected chi connectivity index (χ2v) is 6.91. The maximum Gasteiger partial charge on any atom is 0.0621 e. The van der Waals surface area contributed by atoms with Gasteiger partial charge in [-0.2, -0.15) is 0 Å². The van der Waals surface area contributed by atoms with E-state index in [2.05, 4.69) is 39.1 Å². The van der Waals surface area contributed by atoms with Crippen LogP contribution in [0.25, 0.3) is 0 Å². The minimum absolute atomic E-state index is 0.0268. The van der Waals surface area contributed by atoms with Crippen LogP contribution < -0.4 is 5.32 Å². The summed E-state index contributed by atoms with van der Waals surface area (Å²) in [6.45, 7) is 9.51. The molecule has 1 aromatic rings. The van der Waals surface area contributed by atoms with E-state index in [0.29, 0.717) is 6.04 Å². The Hall–Kier alpha value is -0.380. The van der Waals surface area contributed by atoms with E-state index in [-0.39, 0.29) is 11.5 Å². The zero-order valence-electron chi connectivity index (χ0n) is 10.5. The van der Waals surface area contributed by atoms with Crippen molar-refractivity contribution in [2.45, 2.75) is 52.8 Å². The lowest BCUT2D eigenvalue weighted by Crippen LogP contribution is -2.59. The Labute approximate surface area is 102 Å². The van der Waals surface area contributed by atoms with Gasteiger partial charge in [0.2, 0.25) is 0 Å². The third-order valence-corrected chi connectivity index (χ3v) is 4.91. The third-order valence-electron chi connectivity index (χ3n) is 3.90. The maximum absolute atomic E-state index is 9.66. The molecule has 1 heterocycles. The highest BCUT2D eigenvalue weighted by atomic mass is 32.1.